The van der Waals surface area contributed by atoms with E-state index in [1.54, 1.807) is 55.5 Å². The second-order valence-corrected chi connectivity index (χ2v) is 4.63. The number of likely N-dealkylation sites (N-methyl/N-ethyl adjacent to an activating group) is 1. The lowest BCUT2D eigenvalue weighted by molar-refractivity contribution is -0.137. The zero-order valence-electron chi connectivity index (χ0n) is 11.9. The van der Waals surface area contributed by atoms with Crippen molar-refractivity contribution in [3.8, 4) is 11.8 Å². The van der Waals surface area contributed by atoms with Gasteiger partial charge in [-0.2, -0.15) is 5.26 Å². The molecule has 2 aromatic rings. The minimum atomic E-state index is -0.613. The summed E-state index contributed by atoms with van der Waals surface area (Å²) >= 11 is 0. The zero-order chi connectivity index (χ0) is 15.2. The lowest BCUT2D eigenvalue weighted by Gasteiger charge is -2.21. The minimum Gasteiger partial charge on any atom is -0.481 e. The molecule has 2 rings (SSSR count). The molecule has 0 radical (unpaired) electrons. The van der Waals surface area contributed by atoms with Crippen LogP contribution in [0.5, 0.6) is 5.75 Å². The van der Waals surface area contributed by atoms with Gasteiger partial charge in [0, 0.05) is 19.4 Å². The fraction of sp³-hybridized carbons (Fsp3) is 0.267. The lowest BCUT2D eigenvalue weighted by Crippen LogP contribution is -2.37. The van der Waals surface area contributed by atoms with Crippen LogP contribution in [0.25, 0.3) is 0 Å². The van der Waals surface area contributed by atoms with Crippen LogP contribution in [0, 0.1) is 11.3 Å². The van der Waals surface area contributed by atoms with Crippen molar-refractivity contribution >= 4 is 5.91 Å². The van der Waals surface area contributed by atoms with E-state index >= 15 is 0 Å². The molecular weight excluding hydrogens is 268 g/mol. The highest BCUT2D eigenvalue weighted by Crippen LogP contribution is 2.14. The Balaban J connectivity index is 1.93. The number of amides is 1. The van der Waals surface area contributed by atoms with Gasteiger partial charge in [0.2, 0.25) is 0 Å². The van der Waals surface area contributed by atoms with Crippen LogP contribution in [0.2, 0.25) is 0 Å². The van der Waals surface area contributed by atoms with Gasteiger partial charge in [-0.1, -0.05) is 0 Å². The molecule has 0 aliphatic carbocycles. The van der Waals surface area contributed by atoms with Gasteiger partial charge >= 0.3 is 0 Å². The molecule has 108 valence electrons. The Morgan fingerprint density at radius 3 is 2.76 bits per heavy atom. The second-order valence-electron chi connectivity index (χ2n) is 4.63. The van der Waals surface area contributed by atoms with E-state index in [1.165, 1.54) is 0 Å². The molecule has 1 atom stereocenters. The van der Waals surface area contributed by atoms with E-state index in [9.17, 15) is 4.79 Å². The van der Waals surface area contributed by atoms with Gasteiger partial charge in [-0.3, -0.25) is 4.79 Å². The Labute approximate surface area is 123 Å². The van der Waals surface area contributed by atoms with Crippen LogP contribution >= 0.6 is 0 Å². The normalized spacial score (nSPS) is 11.5. The number of nitrogens with one attached hydrogen (secondary N) is 1. The number of hydrogen-bond acceptors (Lipinski definition) is 4. The van der Waals surface area contributed by atoms with Gasteiger partial charge in [-0.25, -0.2) is 4.98 Å². The predicted octanol–water partition coefficient (Wildman–Crippen LogP) is 1.71. The van der Waals surface area contributed by atoms with Crippen LogP contribution in [0.3, 0.4) is 0 Å². The van der Waals surface area contributed by atoms with Crippen LogP contribution in [0.15, 0.2) is 36.7 Å². The number of nitrogens with zero attached hydrogens (tertiary/aromatic N) is 3. The summed E-state index contributed by atoms with van der Waals surface area (Å²) in [6.45, 7) is 2.09. The molecule has 0 aliphatic heterocycles. The maximum absolute atomic E-state index is 12.2. The summed E-state index contributed by atoms with van der Waals surface area (Å²) in [5, 5.41) is 8.73. The summed E-state index contributed by atoms with van der Waals surface area (Å²) in [4.78, 5) is 20.8. The first-order chi connectivity index (χ1) is 10.1. The van der Waals surface area contributed by atoms with E-state index in [2.05, 4.69) is 9.97 Å². The molecule has 0 bridgehead atoms. The predicted molar refractivity (Wildman–Crippen MR) is 76.3 cm³/mol. The molecule has 1 unspecified atom stereocenters. The largest absolute Gasteiger partial charge is 0.481 e. The summed E-state index contributed by atoms with van der Waals surface area (Å²) in [6, 6.07) is 8.69. The highest BCUT2D eigenvalue weighted by atomic mass is 16.5. The molecule has 1 aromatic heterocycles. The van der Waals surface area contributed by atoms with E-state index in [-0.39, 0.29) is 5.91 Å². The average molecular weight is 284 g/mol. The molecule has 1 heterocycles. The monoisotopic (exact) mass is 284 g/mol. The smallest absolute Gasteiger partial charge is 0.263 e. The highest BCUT2D eigenvalue weighted by molar-refractivity contribution is 5.80. The van der Waals surface area contributed by atoms with Gasteiger partial charge < -0.3 is 14.6 Å². The fourth-order valence-corrected chi connectivity index (χ4v) is 1.86. The number of carbonyl (C=O) groups excluding carboxylic acids is 1. The van der Waals surface area contributed by atoms with Crippen molar-refractivity contribution in [1.82, 2.24) is 14.9 Å². The second kappa shape index (κ2) is 6.57. The quantitative estimate of drug-likeness (QED) is 0.906. The number of nitriles is 1. The van der Waals surface area contributed by atoms with E-state index in [0.717, 1.165) is 5.82 Å². The van der Waals surface area contributed by atoms with Gasteiger partial charge in [-0.05, 0) is 31.2 Å². The van der Waals surface area contributed by atoms with Crippen molar-refractivity contribution in [2.75, 3.05) is 7.05 Å². The number of carbonyl (C=O) groups is 1. The molecular formula is C15H16N4O2. The third-order valence-corrected chi connectivity index (χ3v) is 2.96. The Morgan fingerprint density at radius 2 is 2.19 bits per heavy atom. The van der Waals surface area contributed by atoms with Crippen molar-refractivity contribution < 1.29 is 9.53 Å². The molecule has 0 aliphatic rings. The fourth-order valence-electron chi connectivity index (χ4n) is 1.86. The topological polar surface area (TPSA) is 82.0 Å². The summed E-state index contributed by atoms with van der Waals surface area (Å²) in [5.74, 6) is 1.13. The number of H-pyrrole nitrogens is 1. The first kappa shape index (κ1) is 14.6. The Bertz CT molecular complexity index is 629. The van der Waals surface area contributed by atoms with Crippen molar-refractivity contribution in [3.05, 3.63) is 48.0 Å². The van der Waals surface area contributed by atoms with Crippen LogP contribution in [-0.4, -0.2) is 33.9 Å². The molecule has 1 N–H and O–H groups in total. The number of aromatic nitrogens is 2. The van der Waals surface area contributed by atoms with Gasteiger partial charge in [0.15, 0.2) is 6.10 Å². The zero-order valence-corrected chi connectivity index (χ0v) is 11.9. The lowest BCUT2D eigenvalue weighted by atomic mass is 10.2. The van der Waals surface area contributed by atoms with Crippen molar-refractivity contribution in [1.29, 1.82) is 5.26 Å². The summed E-state index contributed by atoms with van der Waals surface area (Å²) in [7, 11) is 1.70. The maximum atomic E-state index is 12.2. The molecule has 0 spiro atoms. The van der Waals surface area contributed by atoms with Crippen molar-refractivity contribution in [2.24, 2.45) is 0 Å². The summed E-state index contributed by atoms with van der Waals surface area (Å²) in [6.07, 6.45) is 2.74. The molecule has 1 amide bonds. The number of imidazole rings is 1. The number of benzene rings is 1. The molecule has 0 fully saturated rings. The minimum absolute atomic E-state index is 0.143. The molecule has 1 aromatic carbocycles. The highest BCUT2D eigenvalue weighted by Gasteiger charge is 2.19. The summed E-state index contributed by atoms with van der Waals surface area (Å²) in [5.41, 5.74) is 0.552. The van der Waals surface area contributed by atoms with Crippen molar-refractivity contribution in [3.63, 3.8) is 0 Å². The molecule has 0 saturated heterocycles. The number of rotatable bonds is 5. The van der Waals surface area contributed by atoms with Crippen LogP contribution in [0.1, 0.15) is 18.3 Å². The molecule has 21 heavy (non-hydrogen) atoms. The van der Waals surface area contributed by atoms with E-state index < -0.39 is 6.10 Å². The van der Waals surface area contributed by atoms with Crippen molar-refractivity contribution in [2.45, 2.75) is 19.6 Å². The number of aromatic amines is 1. The van der Waals surface area contributed by atoms with Crippen LogP contribution < -0.4 is 4.74 Å². The van der Waals surface area contributed by atoms with Gasteiger partial charge in [0.1, 0.15) is 11.6 Å². The molecule has 6 heteroatoms. The number of ether oxygens (including phenoxy) is 1. The Hall–Kier alpha value is -2.81. The Kier molecular flexibility index (Phi) is 4.57. The van der Waals surface area contributed by atoms with E-state index in [1.807, 2.05) is 6.07 Å². The SMILES string of the molecule is CC(Oc1ccc(C#N)cc1)C(=O)N(C)Cc1ncc[nH]1. The third-order valence-electron chi connectivity index (χ3n) is 2.96. The Morgan fingerprint density at radius 1 is 1.48 bits per heavy atom. The van der Waals surface area contributed by atoms with Gasteiger partial charge in [-0.15, -0.1) is 0 Å². The maximum Gasteiger partial charge on any atom is 0.263 e. The van der Waals surface area contributed by atoms with Gasteiger partial charge in [0.25, 0.3) is 5.91 Å². The van der Waals surface area contributed by atoms with Crippen LogP contribution in [-0.2, 0) is 11.3 Å². The molecule has 6 nitrogen and oxygen atoms in total. The standard InChI is InChI=1S/C15H16N4O2/c1-11(21-13-5-3-12(9-16)4-6-13)15(20)19(2)10-14-17-7-8-18-14/h3-8,11H,10H2,1-2H3,(H,17,18). The first-order valence-corrected chi connectivity index (χ1v) is 6.50. The van der Waals surface area contributed by atoms with Crippen LogP contribution in [0.4, 0.5) is 0 Å². The third kappa shape index (κ3) is 3.83. The molecule has 0 saturated carbocycles. The van der Waals surface area contributed by atoms with E-state index in [4.69, 9.17) is 10.00 Å². The summed E-state index contributed by atoms with van der Waals surface area (Å²) < 4.78 is 5.58. The van der Waals surface area contributed by atoms with Gasteiger partial charge in [0.05, 0.1) is 18.2 Å². The number of hydrogen-bond donors (Lipinski definition) is 1. The van der Waals surface area contributed by atoms with E-state index in [0.29, 0.717) is 17.9 Å². The first-order valence-electron chi connectivity index (χ1n) is 6.50. The average Bonchev–Trinajstić information content (AvgIpc) is 3.00.